The molecule has 0 aliphatic carbocycles. The number of carboxylic acid groups (broad SMARTS) is 1. The molecule has 0 atom stereocenters. The molecule has 1 aromatic carbocycles. The van der Waals surface area contributed by atoms with Gasteiger partial charge in [0.25, 0.3) is 0 Å². The summed E-state index contributed by atoms with van der Waals surface area (Å²) in [7, 11) is 0. The first-order chi connectivity index (χ1) is 7.18. The summed E-state index contributed by atoms with van der Waals surface area (Å²) in [6.45, 7) is 0. The van der Waals surface area contributed by atoms with E-state index in [2.05, 4.69) is 15.5 Å². The van der Waals surface area contributed by atoms with Gasteiger partial charge in [0.15, 0.2) is 0 Å². The smallest absolute Gasteiger partial charge is 0.545 e. The van der Waals surface area contributed by atoms with Crippen LogP contribution in [0.1, 0.15) is 10.4 Å². The molecule has 1 aromatic heterocycles. The number of aromatic amines is 1. The van der Waals surface area contributed by atoms with Crippen LogP contribution in [0.15, 0.2) is 24.3 Å². The van der Waals surface area contributed by atoms with E-state index in [4.69, 9.17) is 12.2 Å². The Morgan fingerprint density at radius 3 is 2.44 bits per heavy atom. The molecule has 2 aromatic rings. The molecule has 0 saturated carbocycles. The molecule has 2 rings (SSSR count). The Hall–Kier alpha value is -1.02. The summed E-state index contributed by atoms with van der Waals surface area (Å²) in [4.78, 5) is 10.5. The van der Waals surface area contributed by atoms with Crippen molar-refractivity contribution in [3.8, 4) is 5.69 Å². The maximum Gasteiger partial charge on any atom is 1.00 e. The molecule has 6 nitrogen and oxygen atoms in total. The minimum Gasteiger partial charge on any atom is -0.545 e. The predicted octanol–water partition coefficient (Wildman–Crippen LogP) is -3.31. The zero-order chi connectivity index (χ0) is 10.8. The Kier molecular flexibility index (Phi) is 4.36. The maximum absolute atomic E-state index is 10.5. The van der Waals surface area contributed by atoms with Crippen LogP contribution in [-0.2, 0) is 0 Å². The molecule has 16 heavy (non-hydrogen) atoms. The van der Waals surface area contributed by atoms with E-state index in [9.17, 15) is 9.90 Å². The number of nitrogens with one attached hydrogen (secondary N) is 1. The van der Waals surface area contributed by atoms with Crippen molar-refractivity contribution in [1.82, 2.24) is 20.2 Å². The standard InChI is InChI=1S/C8H6N4O2S.Na/c13-7(14)5-1-3-6(4-2-5)12-8(15)9-10-11-12;/h1-4H,(H,13,14)(H,9,11,15);/q;+1/p-1. The summed E-state index contributed by atoms with van der Waals surface area (Å²) in [6.07, 6.45) is 0. The van der Waals surface area contributed by atoms with E-state index in [-0.39, 0.29) is 39.9 Å². The first kappa shape index (κ1) is 13.0. The van der Waals surface area contributed by atoms with Gasteiger partial charge in [-0.05, 0) is 29.9 Å². The zero-order valence-corrected chi connectivity index (χ0v) is 11.2. The summed E-state index contributed by atoms with van der Waals surface area (Å²) in [6, 6.07) is 6.02. The van der Waals surface area contributed by atoms with Crippen LogP contribution < -0.4 is 34.7 Å². The number of benzene rings is 1. The molecule has 76 valence electrons. The number of carbonyl (C=O) groups is 1. The second kappa shape index (κ2) is 5.35. The summed E-state index contributed by atoms with van der Waals surface area (Å²) in [5, 5.41) is 20.2. The predicted molar refractivity (Wildman–Crippen MR) is 50.9 cm³/mol. The number of hydrogen-bond acceptors (Lipinski definition) is 5. The third-order valence-corrected chi connectivity index (χ3v) is 2.10. The molecule has 0 unspecified atom stereocenters. The number of aromatic carboxylic acids is 1. The van der Waals surface area contributed by atoms with Crippen LogP contribution in [0, 0.1) is 4.77 Å². The molecular weight excluding hydrogens is 239 g/mol. The first-order valence-corrected chi connectivity index (χ1v) is 4.41. The van der Waals surface area contributed by atoms with Gasteiger partial charge in [0.05, 0.1) is 11.7 Å². The van der Waals surface area contributed by atoms with Gasteiger partial charge in [-0.2, -0.15) is 5.21 Å². The van der Waals surface area contributed by atoms with E-state index in [0.717, 1.165) is 0 Å². The van der Waals surface area contributed by atoms with Crippen LogP contribution in [-0.4, -0.2) is 26.2 Å². The Labute approximate surface area is 118 Å². The van der Waals surface area contributed by atoms with Crippen molar-refractivity contribution >= 4 is 18.2 Å². The summed E-state index contributed by atoms with van der Waals surface area (Å²) in [5.74, 6) is -1.21. The molecule has 0 aliphatic heterocycles. The van der Waals surface area contributed by atoms with E-state index in [1.165, 1.54) is 16.8 Å². The molecule has 0 fully saturated rings. The van der Waals surface area contributed by atoms with Gasteiger partial charge in [-0.1, -0.05) is 22.4 Å². The van der Waals surface area contributed by atoms with Crippen molar-refractivity contribution in [1.29, 1.82) is 0 Å². The van der Waals surface area contributed by atoms with Crippen LogP contribution in [0.2, 0.25) is 0 Å². The minimum absolute atomic E-state index is 0. The number of carbonyl (C=O) groups excluding carboxylic acids is 1. The Balaban J connectivity index is 0.00000128. The monoisotopic (exact) mass is 244 g/mol. The van der Waals surface area contributed by atoms with E-state index in [0.29, 0.717) is 5.69 Å². The summed E-state index contributed by atoms with van der Waals surface area (Å²) < 4.78 is 1.73. The normalized spacial score (nSPS) is 9.50. The average molecular weight is 244 g/mol. The van der Waals surface area contributed by atoms with Crippen molar-refractivity contribution in [2.45, 2.75) is 0 Å². The van der Waals surface area contributed by atoms with Crippen molar-refractivity contribution in [2.75, 3.05) is 0 Å². The van der Waals surface area contributed by atoms with E-state index >= 15 is 0 Å². The van der Waals surface area contributed by atoms with Gasteiger partial charge in [0.2, 0.25) is 4.77 Å². The van der Waals surface area contributed by atoms with Crippen molar-refractivity contribution in [2.24, 2.45) is 0 Å². The zero-order valence-electron chi connectivity index (χ0n) is 8.38. The van der Waals surface area contributed by atoms with E-state index in [1.807, 2.05) is 0 Å². The van der Waals surface area contributed by atoms with E-state index < -0.39 is 5.97 Å². The first-order valence-electron chi connectivity index (χ1n) is 4.00. The van der Waals surface area contributed by atoms with Gasteiger partial charge in [0, 0.05) is 0 Å². The second-order valence-corrected chi connectivity index (χ2v) is 3.12. The molecule has 0 aliphatic rings. The number of aromatic nitrogens is 4. The van der Waals surface area contributed by atoms with Crippen LogP contribution in [0.5, 0.6) is 0 Å². The topological polar surface area (TPSA) is 86.6 Å². The van der Waals surface area contributed by atoms with E-state index in [1.54, 1.807) is 12.1 Å². The molecule has 1 N–H and O–H groups in total. The molecule has 0 spiro atoms. The second-order valence-electron chi connectivity index (χ2n) is 2.75. The fourth-order valence-corrected chi connectivity index (χ4v) is 1.30. The SMILES string of the molecule is O=C([O-])c1ccc(-n2[nH]nnc2=S)cc1.[Na+]. The Bertz CT molecular complexity index is 548. The van der Waals surface area contributed by atoms with Gasteiger partial charge in [-0.25, -0.2) is 4.68 Å². The van der Waals surface area contributed by atoms with Crippen LogP contribution >= 0.6 is 12.2 Å². The molecule has 1 heterocycles. The molecular formula is C8H5N4NaO2S. The van der Waals surface area contributed by atoms with Crippen LogP contribution in [0.4, 0.5) is 0 Å². The minimum atomic E-state index is -1.21. The largest absolute Gasteiger partial charge is 1.00 e. The molecule has 0 radical (unpaired) electrons. The number of nitrogens with zero attached hydrogens (tertiary/aromatic N) is 3. The van der Waals surface area contributed by atoms with Crippen LogP contribution in [0.25, 0.3) is 5.69 Å². The third kappa shape index (κ3) is 2.56. The summed E-state index contributed by atoms with van der Waals surface area (Å²) >= 11 is 4.88. The quantitative estimate of drug-likeness (QED) is 0.441. The molecule has 0 bridgehead atoms. The Morgan fingerprint density at radius 2 is 2.00 bits per heavy atom. The van der Waals surface area contributed by atoms with Crippen molar-refractivity contribution < 1.29 is 39.5 Å². The number of carboxylic acids is 1. The number of rotatable bonds is 2. The van der Waals surface area contributed by atoms with Crippen molar-refractivity contribution in [3.63, 3.8) is 0 Å². The third-order valence-electron chi connectivity index (χ3n) is 1.83. The van der Waals surface area contributed by atoms with Gasteiger partial charge in [-0.15, -0.1) is 0 Å². The van der Waals surface area contributed by atoms with Gasteiger partial charge >= 0.3 is 29.6 Å². The van der Waals surface area contributed by atoms with Gasteiger partial charge in [0.1, 0.15) is 0 Å². The van der Waals surface area contributed by atoms with Crippen molar-refractivity contribution in [3.05, 3.63) is 34.6 Å². The number of H-pyrrole nitrogens is 1. The molecule has 0 amide bonds. The molecule has 8 heteroatoms. The van der Waals surface area contributed by atoms with Gasteiger partial charge in [-0.3, -0.25) is 0 Å². The maximum atomic E-state index is 10.5. The fourth-order valence-electron chi connectivity index (χ4n) is 1.11. The molecule has 0 saturated heterocycles. The summed E-state index contributed by atoms with van der Waals surface area (Å²) in [5.41, 5.74) is 0.771. The average Bonchev–Trinajstić information content (AvgIpc) is 2.65. The van der Waals surface area contributed by atoms with Crippen LogP contribution in [0.3, 0.4) is 0 Å². The number of hydrogen-bond donors (Lipinski definition) is 1. The Morgan fingerprint density at radius 1 is 1.38 bits per heavy atom. The van der Waals surface area contributed by atoms with Gasteiger partial charge < -0.3 is 9.90 Å². The fraction of sp³-hybridized carbons (Fsp3) is 0. The number of tetrazole rings is 1.